The van der Waals surface area contributed by atoms with Gasteiger partial charge in [0.25, 0.3) is 0 Å². The fourth-order valence-corrected chi connectivity index (χ4v) is 2.47. The minimum atomic E-state index is -0.431. The Labute approximate surface area is 150 Å². The first kappa shape index (κ1) is 18.5. The van der Waals surface area contributed by atoms with Crippen molar-refractivity contribution >= 4 is 42.5 Å². The van der Waals surface area contributed by atoms with E-state index in [1.165, 1.54) is 13.8 Å². The Morgan fingerprint density at radius 2 is 1.48 bits per heavy atom. The van der Waals surface area contributed by atoms with Crippen molar-refractivity contribution in [3.05, 3.63) is 53.6 Å². The molecule has 0 heterocycles. The molecule has 0 radical (unpaired) electrons. The summed E-state index contributed by atoms with van der Waals surface area (Å²) in [5, 5.41) is 0. The Morgan fingerprint density at radius 1 is 0.920 bits per heavy atom. The molecule has 0 fully saturated rings. The van der Waals surface area contributed by atoms with E-state index in [0.29, 0.717) is 27.5 Å². The Kier molecular flexibility index (Phi) is 6.14. The van der Waals surface area contributed by atoms with Crippen molar-refractivity contribution < 1.29 is 23.9 Å². The van der Waals surface area contributed by atoms with Gasteiger partial charge in [-0.2, -0.15) is 0 Å². The fourth-order valence-electron chi connectivity index (χ4n) is 2.14. The lowest BCUT2D eigenvalue weighted by Crippen LogP contribution is -2.01. The lowest BCUT2D eigenvalue weighted by molar-refractivity contribution is -0.132. The molecule has 0 saturated heterocycles. The van der Waals surface area contributed by atoms with Gasteiger partial charge in [-0.05, 0) is 47.5 Å². The lowest BCUT2D eigenvalue weighted by atomic mass is 10.0. The number of allylic oxidation sites excluding steroid dienone is 1. The smallest absolute Gasteiger partial charge is 0.308 e. The predicted octanol–water partition coefficient (Wildman–Crippen LogP) is 3.57. The first-order valence-corrected chi connectivity index (χ1v) is 7.81. The molecular weight excluding hydrogens is 340 g/mol. The summed E-state index contributed by atoms with van der Waals surface area (Å²) in [5.74, 6) is -0.0425. The van der Waals surface area contributed by atoms with Crippen LogP contribution in [0.1, 0.15) is 25.0 Å². The summed E-state index contributed by atoms with van der Waals surface area (Å²) in [7, 11) is 0. The number of thiol groups is 1. The highest BCUT2D eigenvalue weighted by molar-refractivity contribution is 7.80. The van der Waals surface area contributed by atoms with Crippen LogP contribution in [0.5, 0.6) is 11.5 Å². The van der Waals surface area contributed by atoms with Crippen LogP contribution in [-0.4, -0.2) is 18.2 Å². The molecule has 0 unspecified atom stereocenters. The number of hydrogen-bond donors (Lipinski definition) is 1. The molecule has 0 saturated carbocycles. The Balaban J connectivity index is 2.29. The first-order valence-electron chi connectivity index (χ1n) is 7.36. The molecule has 6 heteroatoms. The molecule has 0 aliphatic carbocycles. The third-order valence-corrected chi connectivity index (χ3v) is 3.50. The van der Waals surface area contributed by atoms with Crippen molar-refractivity contribution in [3.63, 3.8) is 0 Å². The van der Waals surface area contributed by atoms with Gasteiger partial charge in [-0.1, -0.05) is 12.1 Å². The molecule has 2 aromatic rings. The van der Waals surface area contributed by atoms with E-state index in [2.05, 4.69) is 12.6 Å². The van der Waals surface area contributed by atoms with Crippen LogP contribution in [0.25, 0.3) is 11.6 Å². The third kappa shape index (κ3) is 5.32. The number of carbonyl (C=O) groups is 3. The maximum absolute atomic E-state index is 11.5. The molecule has 25 heavy (non-hydrogen) atoms. The minimum Gasteiger partial charge on any atom is -0.427 e. The largest absolute Gasteiger partial charge is 0.427 e. The Bertz CT molecular complexity index is 837. The van der Waals surface area contributed by atoms with E-state index in [4.69, 9.17) is 9.47 Å². The lowest BCUT2D eigenvalue weighted by Gasteiger charge is -2.08. The van der Waals surface area contributed by atoms with E-state index in [0.717, 1.165) is 11.8 Å². The monoisotopic (exact) mass is 356 g/mol. The zero-order valence-electron chi connectivity index (χ0n) is 13.7. The van der Waals surface area contributed by atoms with Crippen molar-refractivity contribution in [2.45, 2.75) is 18.7 Å². The summed E-state index contributed by atoms with van der Waals surface area (Å²) >= 11 is 4.36. The van der Waals surface area contributed by atoms with E-state index in [9.17, 15) is 14.4 Å². The van der Waals surface area contributed by atoms with Gasteiger partial charge in [-0.15, -0.1) is 12.6 Å². The standard InChI is InChI=1S/C19H16O5S/c1-12(21)23-16-5-3-14(4-6-16)9-15(11-20)18-8-7-17(10-19(18)25)24-13(2)22/h3-11,25H,1-2H3/b15-9+. The summed E-state index contributed by atoms with van der Waals surface area (Å²) in [5.41, 5.74) is 1.78. The molecule has 128 valence electrons. The van der Waals surface area contributed by atoms with Crippen LogP contribution in [0.15, 0.2) is 47.4 Å². The van der Waals surface area contributed by atoms with Crippen molar-refractivity contribution in [1.29, 1.82) is 0 Å². The number of ether oxygens (including phenoxy) is 2. The second-order valence-corrected chi connectivity index (χ2v) is 5.63. The van der Waals surface area contributed by atoms with Crippen LogP contribution < -0.4 is 9.47 Å². The highest BCUT2D eigenvalue weighted by atomic mass is 32.1. The van der Waals surface area contributed by atoms with Crippen LogP contribution >= 0.6 is 12.6 Å². The average molecular weight is 356 g/mol. The molecule has 2 aromatic carbocycles. The number of hydrogen-bond acceptors (Lipinski definition) is 6. The summed E-state index contributed by atoms with van der Waals surface area (Å²) in [6, 6.07) is 11.6. The number of carbonyl (C=O) groups excluding carboxylic acids is 3. The van der Waals surface area contributed by atoms with Crippen LogP contribution in [0.2, 0.25) is 0 Å². The van der Waals surface area contributed by atoms with E-state index in [1.807, 2.05) is 0 Å². The van der Waals surface area contributed by atoms with Gasteiger partial charge in [0.1, 0.15) is 11.5 Å². The molecular formula is C19H16O5S. The fraction of sp³-hybridized carbons (Fsp3) is 0.105. The molecule has 0 aromatic heterocycles. The topological polar surface area (TPSA) is 69.7 Å². The molecule has 0 atom stereocenters. The summed E-state index contributed by atoms with van der Waals surface area (Å²) in [6.45, 7) is 2.63. The van der Waals surface area contributed by atoms with E-state index < -0.39 is 11.9 Å². The summed E-state index contributed by atoms with van der Waals surface area (Å²) in [4.78, 5) is 33.9. The van der Waals surface area contributed by atoms with Gasteiger partial charge < -0.3 is 9.47 Å². The van der Waals surface area contributed by atoms with E-state index >= 15 is 0 Å². The van der Waals surface area contributed by atoms with Gasteiger partial charge in [-0.25, -0.2) is 0 Å². The van der Waals surface area contributed by atoms with Crippen molar-refractivity contribution in [2.24, 2.45) is 0 Å². The SMILES string of the molecule is CC(=O)Oc1ccc(/C=C(\C=O)c2ccc(OC(C)=O)cc2S)cc1. The summed E-state index contributed by atoms with van der Waals surface area (Å²) < 4.78 is 9.96. The molecule has 0 spiro atoms. The van der Waals surface area contributed by atoms with Gasteiger partial charge in [0, 0.05) is 24.3 Å². The number of benzene rings is 2. The van der Waals surface area contributed by atoms with Gasteiger partial charge in [-0.3, -0.25) is 14.4 Å². The zero-order valence-corrected chi connectivity index (χ0v) is 14.6. The predicted molar refractivity (Wildman–Crippen MR) is 96.7 cm³/mol. The highest BCUT2D eigenvalue weighted by Crippen LogP contribution is 2.27. The molecule has 0 bridgehead atoms. The van der Waals surface area contributed by atoms with Crippen molar-refractivity contribution in [1.82, 2.24) is 0 Å². The van der Waals surface area contributed by atoms with Gasteiger partial charge in [0.05, 0.1) is 0 Å². The second kappa shape index (κ2) is 8.30. The second-order valence-electron chi connectivity index (χ2n) is 5.15. The normalized spacial score (nSPS) is 10.9. The Hall–Kier alpha value is -2.86. The first-order chi connectivity index (χ1) is 11.9. The average Bonchev–Trinajstić information content (AvgIpc) is 2.54. The van der Waals surface area contributed by atoms with Crippen molar-refractivity contribution in [2.75, 3.05) is 0 Å². The Morgan fingerprint density at radius 3 is 2.00 bits per heavy atom. The maximum atomic E-state index is 11.5. The van der Waals surface area contributed by atoms with Crippen LogP contribution in [0.4, 0.5) is 0 Å². The molecule has 5 nitrogen and oxygen atoms in total. The molecule has 2 rings (SSSR count). The highest BCUT2D eigenvalue weighted by Gasteiger charge is 2.08. The van der Waals surface area contributed by atoms with Crippen LogP contribution in [-0.2, 0) is 14.4 Å². The van der Waals surface area contributed by atoms with Gasteiger partial charge in [0.2, 0.25) is 0 Å². The van der Waals surface area contributed by atoms with E-state index in [1.54, 1.807) is 48.5 Å². The van der Waals surface area contributed by atoms with E-state index in [-0.39, 0.29) is 0 Å². The van der Waals surface area contributed by atoms with Gasteiger partial charge in [0.15, 0.2) is 6.29 Å². The zero-order chi connectivity index (χ0) is 18.4. The number of rotatable bonds is 5. The third-order valence-electron chi connectivity index (χ3n) is 3.13. The van der Waals surface area contributed by atoms with Gasteiger partial charge >= 0.3 is 11.9 Å². The number of aldehydes is 1. The van der Waals surface area contributed by atoms with Crippen LogP contribution in [0, 0.1) is 0 Å². The van der Waals surface area contributed by atoms with Crippen molar-refractivity contribution in [3.8, 4) is 11.5 Å². The molecule has 0 N–H and O–H groups in total. The maximum Gasteiger partial charge on any atom is 0.308 e. The number of esters is 2. The van der Waals surface area contributed by atoms with Crippen LogP contribution in [0.3, 0.4) is 0 Å². The summed E-state index contributed by atoms with van der Waals surface area (Å²) in [6.07, 6.45) is 2.41. The quantitative estimate of drug-likeness (QED) is 0.221. The molecule has 0 aliphatic heterocycles. The molecule has 0 amide bonds. The molecule has 0 aliphatic rings. The minimum absolute atomic E-state index is 0.359.